The molecule has 0 aliphatic rings. The van der Waals surface area contributed by atoms with Gasteiger partial charge in [0.2, 0.25) is 0 Å². The Morgan fingerprint density at radius 3 is 2.68 bits per heavy atom. The Kier molecular flexibility index (Phi) is 7.29. The van der Waals surface area contributed by atoms with E-state index in [0.717, 1.165) is 11.3 Å². The zero-order valence-corrected chi connectivity index (χ0v) is 14.7. The maximum Gasteiger partial charge on any atom is 0.306 e. The first-order valence-electron chi connectivity index (χ1n) is 7.93. The van der Waals surface area contributed by atoms with E-state index in [9.17, 15) is 9.59 Å². The number of carbonyl (C=O) groups is 2. The van der Waals surface area contributed by atoms with Gasteiger partial charge in [-0.05, 0) is 49.2 Å². The molecule has 2 aromatic carbocycles. The van der Waals surface area contributed by atoms with Gasteiger partial charge in [-0.3, -0.25) is 9.59 Å². The lowest BCUT2D eigenvalue weighted by Gasteiger charge is -2.08. The normalized spacial score (nSPS) is 10.2. The molecule has 0 spiro atoms. The molecule has 0 aromatic heterocycles. The van der Waals surface area contributed by atoms with Gasteiger partial charge in [0.1, 0.15) is 5.75 Å². The Morgan fingerprint density at radius 2 is 1.92 bits per heavy atom. The summed E-state index contributed by atoms with van der Waals surface area (Å²) >= 11 is 5.83. The second kappa shape index (κ2) is 9.69. The predicted octanol–water partition coefficient (Wildman–Crippen LogP) is 3.99. The van der Waals surface area contributed by atoms with Gasteiger partial charge in [0.05, 0.1) is 6.61 Å². The first-order chi connectivity index (χ1) is 12.0. The molecule has 0 heterocycles. The van der Waals surface area contributed by atoms with Crippen molar-refractivity contribution in [2.24, 2.45) is 0 Å². The van der Waals surface area contributed by atoms with Crippen molar-refractivity contribution in [3.63, 3.8) is 0 Å². The molecule has 5 nitrogen and oxygen atoms in total. The summed E-state index contributed by atoms with van der Waals surface area (Å²) in [4.78, 5) is 23.4. The number of esters is 1. The highest BCUT2D eigenvalue weighted by molar-refractivity contribution is 6.30. The molecule has 0 bridgehead atoms. The SMILES string of the molecule is Cc1cccc(OCCCC(=O)OCC(=O)Nc2cccc(Cl)c2)c1. The summed E-state index contributed by atoms with van der Waals surface area (Å²) in [5.41, 5.74) is 1.67. The minimum absolute atomic E-state index is 0.191. The van der Waals surface area contributed by atoms with E-state index in [4.69, 9.17) is 21.1 Å². The van der Waals surface area contributed by atoms with E-state index in [0.29, 0.717) is 23.7 Å². The van der Waals surface area contributed by atoms with Gasteiger partial charge < -0.3 is 14.8 Å². The lowest BCUT2D eigenvalue weighted by molar-refractivity contribution is -0.147. The molecule has 0 unspecified atom stereocenters. The third-order valence-electron chi connectivity index (χ3n) is 3.26. The average molecular weight is 362 g/mol. The highest BCUT2D eigenvalue weighted by Gasteiger charge is 2.08. The van der Waals surface area contributed by atoms with Crippen LogP contribution < -0.4 is 10.1 Å². The molecular formula is C19H20ClNO4. The molecule has 1 N–H and O–H groups in total. The summed E-state index contributed by atoms with van der Waals surface area (Å²) in [6, 6.07) is 14.4. The average Bonchev–Trinajstić information content (AvgIpc) is 2.57. The maximum atomic E-state index is 11.7. The number of hydrogen-bond donors (Lipinski definition) is 1. The Hall–Kier alpha value is -2.53. The molecule has 25 heavy (non-hydrogen) atoms. The van der Waals surface area contributed by atoms with Crippen molar-refractivity contribution in [1.29, 1.82) is 0 Å². The molecular weight excluding hydrogens is 342 g/mol. The number of amides is 1. The van der Waals surface area contributed by atoms with E-state index >= 15 is 0 Å². The summed E-state index contributed by atoms with van der Waals surface area (Å²) in [5.74, 6) is -0.0741. The summed E-state index contributed by atoms with van der Waals surface area (Å²) in [5, 5.41) is 3.12. The van der Waals surface area contributed by atoms with Crippen molar-refractivity contribution in [1.82, 2.24) is 0 Å². The van der Waals surface area contributed by atoms with Crippen molar-refractivity contribution in [3.05, 3.63) is 59.1 Å². The highest BCUT2D eigenvalue weighted by atomic mass is 35.5. The van der Waals surface area contributed by atoms with Gasteiger partial charge in [0.25, 0.3) is 5.91 Å². The minimum Gasteiger partial charge on any atom is -0.494 e. The van der Waals surface area contributed by atoms with Crippen molar-refractivity contribution < 1.29 is 19.1 Å². The molecule has 132 valence electrons. The molecule has 2 aromatic rings. The van der Waals surface area contributed by atoms with E-state index in [1.165, 1.54) is 0 Å². The van der Waals surface area contributed by atoms with Crippen LogP contribution in [0.1, 0.15) is 18.4 Å². The standard InChI is InChI=1S/C19H20ClNO4/c1-14-5-2-8-17(11-14)24-10-4-9-19(23)25-13-18(22)21-16-7-3-6-15(20)12-16/h2-3,5-8,11-12H,4,9-10,13H2,1H3,(H,21,22). The molecule has 1 amide bonds. The van der Waals surface area contributed by atoms with E-state index in [1.54, 1.807) is 24.3 Å². The molecule has 0 saturated carbocycles. The van der Waals surface area contributed by atoms with Crippen molar-refractivity contribution in [3.8, 4) is 5.75 Å². The molecule has 2 rings (SSSR count). The van der Waals surface area contributed by atoms with Crippen LogP contribution in [0.3, 0.4) is 0 Å². The largest absolute Gasteiger partial charge is 0.494 e. The molecule has 6 heteroatoms. The van der Waals surface area contributed by atoms with Crippen LogP contribution in [0.15, 0.2) is 48.5 Å². The third kappa shape index (κ3) is 7.27. The minimum atomic E-state index is -0.436. The lowest BCUT2D eigenvalue weighted by atomic mass is 10.2. The molecule has 0 aliphatic heterocycles. The number of rotatable bonds is 8. The first kappa shape index (κ1) is 18.8. The molecule has 0 radical (unpaired) electrons. The smallest absolute Gasteiger partial charge is 0.306 e. The summed E-state index contributed by atoms with van der Waals surface area (Å²) < 4.78 is 10.5. The number of nitrogens with one attached hydrogen (secondary N) is 1. The second-order valence-electron chi connectivity index (χ2n) is 5.49. The van der Waals surface area contributed by atoms with E-state index in [2.05, 4.69) is 5.32 Å². The number of benzene rings is 2. The Bertz CT molecular complexity index is 733. The zero-order valence-electron chi connectivity index (χ0n) is 14.0. The van der Waals surface area contributed by atoms with Crippen LogP contribution in [0.5, 0.6) is 5.75 Å². The number of aryl methyl sites for hydroxylation is 1. The Morgan fingerprint density at radius 1 is 1.12 bits per heavy atom. The first-order valence-corrected chi connectivity index (χ1v) is 8.31. The fourth-order valence-corrected chi connectivity index (χ4v) is 2.28. The van der Waals surface area contributed by atoms with Crippen molar-refractivity contribution in [2.75, 3.05) is 18.5 Å². The number of ether oxygens (including phenoxy) is 2. The van der Waals surface area contributed by atoms with Crippen LogP contribution in [0.4, 0.5) is 5.69 Å². The number of carbonyl (C=O) groups excluding carboxylic acids is 2. The van der Waals surface area contributed by atoms with Crippen molar-refractivity contribution in [2.45, 2.75) is 19.8 Å². The summed E-state index contributed by atoms with van der Waals surface area (Å²) in [7, 11) is 0. The van der Waals surface area contributed by atoms with E-state index < -0.39 is 11.9 Å². The fraction of sp³-hybridized carbons (Fsp3) is 0.263. The summed E-state index contributed by atoms with van der Waals surface area (Å²) in [6.45, 7) is 2.07. The van der Waals surface area contributed by atoms with Crippen LogP contribution in [-0.4, -0.2) is 25.1 Å². The van der Waals surface area contributed by atoms with Crippen LogP contribution in [0.2, 0.25) is 5.02 Å². The third-order valence-corrected chi connectivity index (χ3v) is 3.49. The molecule has 0 saturated heterocycles. The molecule has 0 atom stereocenters. The van der Waals surface area contributed by atoms with Gasteiger partial charge in [0, 0.05) is 17.1 Å². The lowest BCUT2D eigenvalue weighted by Crippen LogP contribution is -2.21. The van der Waals surface area contributed by atoms with Crippen molar-refractivity contribution >= 4 is 29.2 Å². The van der Waals surface area contributed by atoms with Gasteiger partial charge in [-0.1, -0.05) is 29.8 Å². The Labute approximate surface area is 151 Å². The van der Waals surface area contributed by atoms with Crippen LogP contribution in [0, 0.1) is 6.92 Å². The van der Waals surface area contributed by atoms with Crippen LogP contribution in [0.25, 0.3) is 0 Å². The van der Waals surface area contributed by atoms with Gasteiger partial charge in [-0.15, -0.1) is 0 Å². The maximum absolute atomic E-state index is 11.7. The van der Waals surface area contributed by atoms with Gasteiger partial charge in [-0.2, -0.15) is 0 Å². The number of hydrogen-bond acceptors (Lipinski definition) is 4. The number of halogens is 1. The number of anilines is 1. The zero-order chi connectivity index (χ0) is 18.1. The highest BCUT2D eigenvalue weighted by Crippen LogP contribution is 2.15. The Balaban J connectivity index is 1.61. The van der Waals surface area contributed by atoms with Gasteiger partial charge >= 0.3 is 5.97 Å². The summed E-state index contributed by atoms with van der Waals surface area (Å²) in [6.07, 6.45) is 0.707. The van der Waals surface area contributed by atoms with E-state index in [1.807, 2.05) is 31.2 Å². The van der Waals surface area contributed by atoms with Gasteiger partial charge in [0.15, 0.2) is 6.61 Å². The molecule has 0 fully saturated rings. The second-order valence-corrected chi connectivity index (χ2v) is 5.92. The fourth-order valence-electron chi connectivity index (χ4n) is 2.09. The van der Waals surface area contributed by atoms with Crippen LogP contribution >= 0.6 is 11.6 Å². The van der Waals surface area contributed by atoms with E-state index in [-0.39, 0.29) is 13.0 Å². The monoisotopic (exact) mass is 361 g/mol. The predicted molar refractivity (Wildman–Crippen MR) is 96.9 cm³/mol. The van der Waals surface area contributed by atoms with Gasteiger partial charge in [-0.25, -0.2) is 0 Å². The molecule has 0 aliphatic carbocycles. The topological polar surface area (TPSA) is 64.6 Å². The van der Waals surface area contributed by atoms with Crippen LogP contribution in [-0.2, 0) is 14.3 Å². The quantitative estimate of drug-likeness (QED) is 0.570.